The van der Waals surface area contributed by atoms with E-state index in [1.54, 1.807) is 12.1 Å². The maximum absolute atomic E-state index is 13.5. The lowest BCUT2D eigenvalue weighted by molar-refractivity contribution is 0.398. The number of rotatable bonds is 2. The van der Waals surface area contributed by atoms with Crippen LogP contribution in [-0.2, 0) is 6.42 Å². The zero-order chi connectivity index (χ0) is 12.8. The van der Waals surface area contributed by atoms with Gasteiger partial charge in [-0.3, -0.25) is 0 Å². The molecule has 0 radical (unpaired) electrons. The third kappa shape index (κ3) is 1.72. The molecule has 1 heterocycles. The average molecular weight is 248 g/mol. The van der Waals surface area contributed by atoms with Crippen LogP contribution >= 0.6 is 0 Å². The van der Waals surface area contributed by atoms with E-state index in [-0.39, 0.29) is 11.4 Å². The van der Waals surface area contributed by atoms with E-state index in [4.69, 9.17) is 5.73 Å². The molecule has 1 aliphatic heterocycles. The van der Waals surface area contributed by atoms with Crippen molar-refractivity contribution in [2.75, 3.05) is 18.0 Å². The molecule has 2 unspecified atom stereocenters. The molecule has 0 saturated heterocycles. The van der Waals surface area contributed by atoms with Gasteiger partial charge in [-0.25, -0.2) is 4.39 Å². The van der Waals surface area contributed by atoms with E-state index < -0.39 is 0 Å². The molecular formula is C15H21FN2. The molecule has 2 nitrogen and oxygen atoms in total. The third-order valence-electron chi connectivity index (χ3n) is 4.73. The lowest BCUT2D eigenvalue weighted by atomic mass is 9.93. The van der Waals surface area contributed by atoms with Crippen LogP contribution in [0.1, 0.15) is 31.7 Å². The molecule has 2 atom stereocenters. The van der Waals surface area contributed by atoms with Crippen molar-refractivity contribution in [3.8, 4) is 0 Å². The lowest BCUT2D eigenvalue weighted by Gasteiger charge is -2.40. The summed E-state index contributed by atoms with van der Waals surface area (Å²) in [6.45, 7) is 3.95. The molecule has 2 N–H and O–H groups in total. The number of hydrogen-bond donors (Lipinski definition) is 1. The molecule has 3 rings (SSSR count). The predicted octanol–water partition coefficient (Wildman–Crippen LogP) is 2.71. The number of anilines is 1. The van der Waals surface area contributed by atoms with Crippen molar-refractivity contribution in [3.05, 3.63) is 29.6 Å². The number of nitrogens with zero attached hydrogens (tertiary/aromatic N) is 1. The summed E-state index contributed by atoms with van der Waals surface area (Å²) in [6, 6.07) is 5.17. The topological polar surface area (TPSA) is 29.3 Å². The van der Waals surface area contributed by atoms with Gasteiger partial charge in [0.25, 0.3) is 0 Å². The molecule has 0 spiro atoms. The Morgan fingerprint density at radius 3 is 3.00 bits per heavy atom. The zero-order valence-corrected chi connectivity index (χ0v) is 11.0. The maximum Gasteiger partial charge on any atom is 0.125 e. The Labute approximate surface area is 108 Å². The highest BCUT2D eigenvalue weighted by molar-refractivity contribution is 5.60. The van der Waals surface area contributed by atoms with Gasteiger partial charge in [-0.05, 0) is 49.3 Å². The standard InChI is InChI=1S/C15H21FN2/c1-11-4-6-15(9-11,10-17)18-7-5-12-2-3-13(16)8-14(12)18/h2-3,8,11H,4-7,9-10,17H2,1H3. The Morgan fingerprint density at radius 2 is 2.33 bits per heavy atom. The fourth-order valence-corrected chi connectivity index (χ4v) is 3.75. The molecular weight excluding hydrogens is 227 g/mol. The van der Waals surface area contributed by atoms with Crippen LogP contribution in [-0.4, -0.2) is 18.6 Å². The van der Waals surface area contributed by atoms with Crippen molar-refractivity contribution < 1.29 is 4.39 Å². The minimum absolute atomic E-state index is 0.0679. The van der Waals surface area contributed by atoms with Crippen LogP contribution in [0, 0.1) is 11.7 Å². The number of benzene rings is 1. The smallest absolute Gasteiger partial charge is 0.125 e. The molecule has 1 fully saturated rings. The van der Waals surface area contributed by atoms with Crippen molar-refractivity contribution >= 4 is 5.69 Å². The first-order valence-electron chi connectivity index (χ1n) is 6.91. The summed E-state index contributed by atoms with van der Waals surface area (Å²) in [6.07, 6.45) is 4.53. The minimum atomic E-state index is -0.140. The summed E-state index contributed by atoms with van der Waals surface area (Å²) < 4.78 is 13.5. The summed E-state index contributed by atoms with van der Waals surface area (Å²) in [5.74, 6) is 0.588. The van der Waals surface area contributed by atoms with Gasteiger partial charge < -0.3 is 10.6 Å². The molecule has 1 aromatic carbocycles. The van der Waals surface area contributed by atoms with E-state index >= 15 is 0 Å². The van der Waals surface area contributed by atoms with Crippen LogP contribution < -0.4 is 10.6 Å². The van der Waals surface area contributed by atoms with Gasteiger partial charge in [0.05, 0.1) is 5.54 Å². The van der Waals surface area contributed by atoms with E-state index in [0.717, 1.165) is 37.4 Å². The molecule has 3 heteroatoms. The monoisotopic (exact) mass is 248 g/mol. The van der Waals surface area contributed by atoms with Crippen LogP contribution in [0.15, 0.2) is 18.2 Å². The van der Waals surface area contributed by atoms with E-state index in [1.165, 1.54) is 12.0 Å². The van der Waals surface area contributed by atoms with E-state index in [0.29, 0.717) is 6.54 Å². The molecule has 1 aliphatic carbocycles. The molecule has 0 aromatic heterocycles. The number of nitrogens with two attached hydrogens (primary N) is 1. The maximum atomic E-state index is 13.5. The van der Waals surface area contributed by atoms with Crippen molar-refractivity contribution in [2.24, 2.45) is 11.7 Å². The molecule has 98 valence electrons. The van der Waals surface area contributed by atoms with Crippen LogP contribution in [0.4, 0.5) is 10.1 Å². The van der Waals surface area contributed by atoms with Crippen LogP contribution in [0.5, 0.6) is 0 Å². The summed E-state index contributed by atoms with van der Waals surface area (Å²) in [4.78, 5) is 2.38. The van der Waals surface area contributed by atoms with Crippen LogP contribution in [0.25, 0.3) is 0 Å². The number of hydrogen-bond acceptors (Lipinski definition) is 2. The summed E-state index contributed by atoms with van der Waals surface area (Å²) in [5.41, 5.74) is 8.48. The summed E-state index contributed by atoms with van der Waals surface area (Å²) >= 11 is 0. The van der Waals surface area contributed by atoms with Gasteiger partial charge in [-0.1, -0.05) is 13.0 Å². The highest BCUT2D eigenvalue weighted by Crippen LogP contribution is 2.44. The molecule has 1 saturated carbocycles. The van der Waals surface area contributed by atoms with Gasteiger partial charge in [0.1, 0.15) is 5.82 Å². The summed E-state index contributed by atoms with van der Waals surface area (Å²) in [7, 11) is 0. The Kier molecular flexibility index (Phi) is 2.81. The second-order valence-corrected chi connectivity index (χ2v) is 5.95. The lowest BCUT2D eigenvalue weighted by Crippen LogP contribution is -2.51. The van der Waals surface area contributed by atoms with Gasteiger partial charge in [0.15, 0.2) is 0 Å². The first-order chi connectivity index (χ1) is 8.64. The number of fused-ring (bicyclic) bond motifs is 1. The third-order valence-corrected chi connectivity index (χ3v) is 4.73. The SMILES string of the molecule is CC1CCC(CN)(N2CCc3ccc(F)cc32)C1. The first-order valence-corrected chi connectivity index (χ1v) is 6.91. The van der Waals surface area contributed by atoms with Crippen LogP contribution in [0.2, 0.25) is 0 Å². The predicted molar refractivity (Wildman–Crippen MR) is 72.3 cm³/mol. The van der Waals surface area contributed by atoms with Gasteiger partial charge in [-0.15, -0.1) is 0 Å². The highest BCUT2D eigenvalue weighted by atomic mass is 19.1. The van der Waals surface area contributed by atoms with E-state index in [9.17, 15) is 4.39 Å². The van der Waals surface area contributed by atoms with Gasteiger partial charge in [0, 0.05) is 18.8 Å². The molecule has 0 amide bonds. The molecule has 18 heavy (non-hydrogen) atoms. The highest BCUT2D eigenvalue weighted by Gasteiger charge is 2.43. The second kappa shape index (κ2) is 4.23. The molecule has 0 bridgehead atoms. The van der Waals surface area contributed by atoms with Crippen molar-refractivity contribution in [1.29, 1.82) is 0 Å². The van der Waals surface area contributed by atoms with Crippen molar-refractivity contribution in [2.45, 2.75) is 38.1 Å². The fourth-order valence-electron chi connectivity index (χ4n) is 3.75. The zero-order valence-electron chi connectivity index (χ0n) is 11.0. The minimum Gasteiger partial charge on any atom is -0.364 e. The van der Waals surface area contributed by atoms with Crippen LogP contribution in [0.3, 0.4) is 0 Å². The van der Waals surface area contributed by atoms with Crippen molar-refractivity contribution in [1.82, 2.24) is 0 Å². The average Bonchev–Trinajstić information content (AvgIpc) is 2.93. The first kappa shape index (κ1) is 12.0. The van der Waals surface area contributed by atoms with Gasteiger partial charge in [0.2, 0.25) is 0 Å². The second-order valence-electron chi connectivity index (χ2n) is 5.95. The largest absolute Gasteiger partial charge is 0.364 e. The van der Waals surface area contributed by atoms with E-state index in [2.05, 4.69) is 11.8 Å². The Morgan fingerprint density at radius 1 is 1.50 bits per heavy atom. The van der Waals surface area contributed by atoms with E-state index in [1.807, 2.05) is 6.07 Å². The molecule has 2 aliphatic rings. The quantitative estimate of drug-likeness (QED) is 0.872. The normalized spacial score (nSPS) is 30.8. The Hall–Kier alpha value is -1.09. The number of halogens is 1. The van der Waals surface area contributed by atoms with Crippen molar-refractivity contribution in [3.63, 3.8) is 0 Å². The summed E-state index contributed by atoms with van der Waals surface area (Å²) in [5, 5.41) is 0. The molecule has 1 aromatic rings. The Bertz CT molecular complexity index is 460. The Balaban J connectivity index is 1.97. The van der Waals surface area contributed by atoms with Gasteiger partial charge >= 0.3 is 0 Å². The fraction of sp³-hybridized carbons (Fsp3) is 0.600. The van der Waals surface area contributed by atoms with Gasteiger partial charge in [-0.2, -0.15) is 0 Å².